The van der Waals surface area contributed by atoms with Crippen molar-refractivity contribution in [3.63, 3.8) is 0 Å². The van der Waals surface area contributed by atoms with E-state index in [1.165, 1.54) is 0 Å². The standard InChI is InChI=1S/C24H28F6N6O/c1-12-5-18(20-35-36-21(37-20)33-15-6-13(7-15)31-10-23(25,26)27)34-19-16(12)8-14(32-11-24(28,29)30)9-17(19)22(2,3)4/h5,8-9,13,15,31-32H,6-7,10-11H2,1-4H3,(H,33,36)/t13-,15+. The van der Waals surface area contributed by atoms with Gasteiger partial charge in [-0.2, -0.15) is 26.3 Å². The molecule has 0 amide bonds. The monoisotopic (exact) mass is 530 g/mol. The minimum absolute atomic E-state index is 0.0968. The van der Waals surface area contributed by atoms with Crippen LogP contribution in [0.15, 0.2) is 22.6 Å². The number of pyridine rings is 1. The van der Waals surface area contributed by atoms with Crippen LogP contribution >= 0.6 is 0 Å². The van der Waals surface area contributed by atoms with Crippen molar-refractivity contribution in [2.45, 2.75) is 70.4 Å². The van der Waals surface area contributed by atoms with E-state index in [2.05, 4.69) is 26.1 Å². The molecule has 0 saturated heterocycles. The SMILES string of the molecule is Cc1cc(-c2nnc(N[C@H]3C[C@@H](NCC(F)(F)F)C3)o2)nc2c(C(C)(C)C)cc(NCC(F)(F)F)cc12. The van der Waals surface area contributed by atoms with Crippen molar-refractivity contribution in [3.8, 4) is 11.6 Å². The van der Waals surface area contributed by atoms with Gasteiger partial charge in [0.05, 0.1) is 12.1 Å². The normalized spacial score (nSPS) is 18.6. The molecule has 7 nitrogen and oxygen atoms in total. The first kappa shape index (κ1) is 27.0. The summed E-state index contributed by atoms with van der Waals surface area (Å²) in [5.74, 6) is 0.151. The number of alkyl halides is 6. The number of hydrogen-bond acceptors (Lipinski definition) is 7. The molecule has 0 spiro atoms. The fourth-order valence-electron chi connectivity index (χ4n) is 4.20. The predicted octanol–water partition coefficient (Wildman–Crippen LogP) is 5.96. The molecular weight excluding hydrogens is 502 g/mol. The van der Waals surface area contributed by atoms with Gasteiger partial charge in [0.2, 0.25) is 0 Å². The summed E-state index contributed by atoms with van der Waals surface area (Å²) in [7, 11) is 0. The molecule has 13 heteroatoms. The molecule has 0 atom stereocenters. The quantitative estimate of drug-likeness (QED) is 0.325. The zero-order valence-electron chi connectivity index (χ0n) is 20.7. The number of nitrogens with zero attached hydrogens (tertiary/aromatic N) is 3. The predicted molar refractivity (Wildman–Crippen MR) is 128 cm³/mol. The first-order valence-corrected chi connectivity index (χ1v) is 11.7. The third-order valence-electron chi connectivity index (χ3n) is 6.12. The van der Waals surface area contributed by atoms with Crippen molar-refractivity contribution in [1.29, 1.82) is 0 Å². The summed E-state index contributed by atoms with van der Waals surface area (Å²) >= 11 is 0. The molecule has 1 aliphatic carbocycles. The third-order valence-corrected chi connectivity index (χ3v) is 6.12. The Morgan fingerprint density at radius 2 is 1.59 bits per heavy atom. The minimum Gasteiger partial charge on any atom is -0.402 e. The van der Waals surface area contributed by atoms with Gasteiger partial charge in [-0.15, -0.1) is 5.10 Å². The molecule has 1 aromatic carbocycles. The smallest absolute Gasteiger partial charge is 0.402 e. The first-order valence-electron chi connectivity index (χ1n) is 11.7. The highest BCUT2D eigenvalue weighted by Gasteiger charge is 2.34. The molecule has 0 aliphatic heterocycles. The molecule has 2 aromatic heterocycles. The lowest BCUT2D eigenvalue weighted by Crippen LogP contribution is -2.50. The molecule has 0 bridgehead atoms. The number of hydrogen-bond donors (Lipinski definition) is 3. The lowest BCUT2D eigenvalue weighted by atomic mass is 9.84. The van der Waals surface area contributed by atoms with Gasteiger partial charge >= 0.3 is 18.4 Å². The van der Waals surface area contributed by atoms with Gasteiger partial charge in [-0.25, -0.2) is 4.98 Å². The number of nitrogens with one attached hydrogen (secondary N) is 3. The molecule has 3 N–H and O–H groups in total. The Kier molecular flexibility index (Phi) is 7.04. The van der Waals surface area contributed by atoms with E-state index in [9.17, 15) is 26.3 Å². The summed E-state index contributed by atoms with van der Waals surface area (Å²) < 4.78 is 81.0. The Bertz CT molecular complexity index is 1260. The molecule has 0 unspecified atom stereocenters. The number of fused-ring (bicyclic) bond motifs is 1. The fourth-order valence-corrected chi connectivity index (χ4v) is 4.20. The first-order chi connectivity index (χ1) is 17.1. The number of rotatable bonds is 7. The van der Waals surface area contributed by atoms with Crippen molar-refractivity contribution in [2.75, 3.05) is 23.7 Å². The minimum atomic E-state index is -4.35. The van der Waals surface area contributed by atoms with E-state index < -0.39 is 30.9 Å². The van der Waals surface area contributed by atoms with E-state index in [1.54, 1.807) is 18.2 Å². The average molecular weight is 531 g/mol. The summed E-state index contributed by atoms with van der Waals surface area (Å²) in [6, 6.07) is 4.84. The maximum Gasteiger partial charge on any atom is 0.405 e. The topological polar surface area (TPSA) is 87.9 Å². The van der Waals surface area contributed by atoms with E-state index in [0.29, 0.717) is 35.1 Å². The van der Waals surface area contributed by atoms with Crippen LogP contribution in [0.2, 0.25) is 0 Å². The Morgan fingerprint density at radius 3 is 2.22 bits per heavy atom. The van der Waals surface area contributed by atoms with Gasteiger partial charge in [-0.3, -0.25) is 0 Å². The molecule has 1 aliphatic rings. The average Bonchev–Trinajstić information content (AvgIpc) is 3.20. The Balaban J connectivity index is 1.54. The van der Waals surface area contributed by atoms with Crippen molar-refractivity contribution in [2.24, 2.45) is 0 Å². The lowest BCUT2D eigenvalue weighted by molar-refractivity contribution is -0.127. The molecule has 202 valence electrons. The van der Waals surface area contributed by atoms with E-state index in [-0.39, 0.29) is 24.0 Å². The van der Waals surface area contributed by atoms with Crippen LogP contribution in [0.1, 0.15) is 44.7 Å². The lowest BCUT2D eigenvalue weighted by Gasteiger charge is -2.36. The molecule has 4 rings (SSSR count). The van der Waals surface area contributed by atoms with Crippen LogP contribution < -0.4 is 16.0 Å². The highest BCUT2D eigenvalue weighted by atomic mass is 19.4. The van der Waals surface area contributed by atoms with E-state index >= 15 is 0 Å². The maximum atomic E-state index is 12.8. The Labute approximate surface area is 209 Å². The summed E-state index contributed by atoms with van der Waals surface area (Å²) in [6.45, 7) is 5.49. The third kappa shape index (κ3) is 6.82. The molecule has 0 radical (unpaired) electrons. The van der Waals surface area contributed by atoms with Gasteiger partial charge in [0.25, 0.3) is 5.89 Å². The van der Waals surface area contributed by atoms with Crippen molar-refractivity contribution < 1.29 is 30.8 Å². The van der Waals surface area contributed by atoms with Crippen LogP contribution in [0.4, 0.5) is 38.0 Å². The van der Waals surface area contributed by atoms with E-state index in [0.717, 1.165) is 11.1 Å². The maximum absolute atomic E-state index is 12.8. The zero-order chi connectivity index (χ0) is 27.2. The van der Waals surface area contributed by atoms with Crippen LogP contribution in [-0.4, -0.2) is 52.7 Å². The molecule has 3 aromatic rings. The van der Waals surface area contributed by atoms with Gasteiger partial charge in [0.15, 0.2) is 0 Å². The Hall–Kier alpha value is -3.09. The molecule has 37 heavy (non-hydrogen) atoms. The van der Waals surface area contributed by atoms with Crippen molar-refractivity contribution in [1.82, 2.24) is 20.5 Å². The second kappa shape index (κ2) is 9.66. The molecular formula is C24H28F6N6O. The summed E-state index contributed by atoms with van der Waals surface area (Å²) in [4.78, 5) is 4.72. The van der Waals surface area contributed by atoms with E-state index in [4.69, 9.17) is 9.40 Å². The van der Waals surface area contributed by atoms with Crippen LogP contribution in [0.5, 0.6) is 0 Å². The van der Waals surface area contributed by atoms with Gasteiger partial charge in [-0.1, -0.05) is 25.9 Å². The number of aryl methyl sites for hydroxylation is 1. The van der Waals surface area contributed by atoms with Gasteiger partial charge in [0.1, 0.15) is 12.2 Å². The largest absolute Gasteiger partial charge is 0.405 e. The summed E-state index contributed by atoms with van der Waals surface area (Å²) in [5.41, 5.74) is 2.47. The van der Waals surface area contributed by atoms with Crippen LogP contribution in [0, 0.1) is 6.92 Å². The number of halogens is 6. The van der Waals surface area contributed by atoms with Crippen molar-refractivity contribution in [3.05, 3.63) is 29.3 Å². The van der Waals surface area contributed by atoms with Gasteiger partial charge in [0, 0.05) is 23.2 Å². The number of benzene rings is 1. The second-order valence-electron chi connectivity index (χ2n) is 10.4. The van der Waals surface area contributed by atoms with Crippen LogP contribution in [-0.2, 0) is 5.41 Å². The van der Waals surface area contributed by atoms with Crippen molar-refractivity contribution >= 4 is 22.6 Å². The second-order valence-corrected chi connectivity index (χ2v) is 10.4. The van der Waals surface area contributed by atoms with Crippen LogP contribution in [0.3, 0.4) is 0 Å². The summed E-state index contributed by atoms with van der Waals surface area (Å²) in [6.07, 6.45) is -7.63. The number of aromatic nitrogens is 3. The highest BCUT2D eigenvalue weighted by Crippen LogP contribution is 2.36. The molecule has 1 saturated carbocycles. The zero-order valence-corrected chi connectivity index (χ0v) is 20.7. The van der Waals surface area contributed by atoms with Gasteiger partial charge < -0.3 is 20.4 Å². The summed E-state index contributed by atoms with van der Waals surface area (Å²) in [5, 5.41) is 16.7. The fraction of sp³-hybridized carbons (Fsp3) is 0.542. The number of anilines is 2. The molecule has 2 heterocycles. The van der Waals surface area contributed by atoms with Gasteiger partial charge in [-0.05, 0) is 54.5 Å². The van der Waals surface area contributed by atoms with Crippen LogP contribution in [0.25, 0.3) is 22.5 Å². The Morgan fingerprint density at radius 1 is 0.919 bits per heavy atom. The van der Waals surface area contributed by atoms with E-state index in [1.807, 2.05) is 27.7 Å². The highest BCUT2D eigenvalue weighted by molar-refractivity contribution is 5.90. The molecule has 1 fully saturated rings.